The highest BCUT2D eigenvalue weighted by Crippen LogP contribution is 2.37. The predicted molar refractivity (Wildman–Crippen MR) is 89.7 cm³/mol. The van der Waals surface area contributed by atoms with Gasteiger partial charge in [0.1, 0.15) is 5.60 Å². The van der Waals surface area contributed by atoms with Gasteiger partial charge in [-0.2, -0.15) is 0 Å². The van der Waals surface area contributed by atoms with Crippen molar-refractivity contribution < 1.29 is 9.84 Å². The van der Waals surface area contributed by atoms with Crippen molar-refractivity contribution in [2.24, 2.45) is 0 Å². The first kappa shape index (κ1) is 17.7. The van der Waals surface area contributed by atoms with Gasteiger partial charge in [-0.1, -0.05) is 39.0 Å². The molecule has 21 heavy (non-hydrogen) atoms. The third kappa shape index (κ3) is 3.47. The van der Waals surface area contributed by atoms with Crippen LogP contribution in [-0.4, -0.2) is 23.3 Å². The smallest absolute Gasteiger partial charge is 0.110 e. The van der Waals surface area contributed by atoms with E-state index in [0.29, 0.717) is 13.0 Å². The average Bonchev–Trinajstić information content (AvgIpc) is 2.87. The third-order valence-electron chi connectivity index (χ3n) is 3.93. The van der Waals surface area contributed by atoms with Gasteiger partial charge in [0, 0.05) is 30.5 Å². The lowest BCUT2D eigenvalue weighted by Gasteiger charge is -2.32. The van der Waals surface area contributed by atoms with Gasteiger partial charge in [-0.25, -0.2) is 0 Å². The number of hydrogen-bond donors (Lipinski definition) is 2. The molecule has 0 aliphatic carbocycles. The molecule has 0 amide bonds. The molecular formula is C18H29NO2. The molecule has 0 saturated carbocycles. The molecule has 3 nitrogen and oxygen atoms in total. The molecule has 2 aromatic rings. The van der Waals surface area contributed by atoms with Crippen LogP contribution in [0, 0.1) is 6.92 Å². The van der Waals surface area contributed by atoms with E-state index in [1.54, 1.807) is 0 Å². The van der Waals surface area contributed by atoms with E-state index in [9.17, 15) is 5.11 Å². The summed E-state index contributed by atoms with van der Waals surface area (Å²) in [4.78, 5) is 3.49. The Labute approximate surface area is 128 Å². The molecule has 2 rings (SSSR count). The number of rotatable bonds is 6. The van der Waals surface area contributed by atoms with E-state index in [1.807, 2.05) is 32.9 Å². The Hall–Kier alpha value is -1.32. The van der Waals surface area contributed by atoms with Crippen LogP contribution in [0.1, 0.15) is 51.8 Å². The standard InChI is InChI=1S/C16H23NO2.C2H6/c1-4-16(10-11-18,19-5-2)15-12(3)13-8-6-7-9-14(13)17-15;1-2/h6-9,17-18H,4-5,10-11H2,1-3H3;1-2H3. The van der Waals surface area contributed by atoms with E-state index < -0.39 is 5.60 Å². The molecule has 2 N–H and O–H groups in total. The SMILES string of the molecule is CC.CCOC(CC)(CCO)c1[nH]c2ccccc2c1C. The van der Waals surface area contributed by atoms with Crippen molar-refractivity contribution in [3.05, 3.63) is 35.5 Å². The van der Waals surface area contributed by atoms with E-state index in [-0.39, 0.29) is 6.61 Å². The molecule has 3 heteroatoms. The first-order chi connectivity index (χ1) is 10.2. The van der Waals surface area contributed by atoms with Crippen LogP contribution < -0.4 is 0 Å². The number of aromatic amines is 1. The minimum atomic E-state index is -0.410. The van der Waals surface area contributed by atoms with Crippen molar-refractivity contribution >= 4 is 10.9 Å². The summed E-state index contributed by atoms with van der Waals surface area (Å²) in [5.41, 5.74) is 3.05. The first-order valence-electron chi connectivity index (χ1n) is 8.01. The van der Waals surface area contributed by atoms with E-state index >= 15 is 0 Å². The van der Waals surface area contributed by atoms with Gasteiger partial charge in [0.15, 0.2) is 0 Å². The molecule has 1 aromatic heterocycles. The Morgan fingerprint density at radius 2 is 1.86 bits per heavy atom. The average molecular weight is 291 g/mol. The molecule has 0 aliphatic rings. The van der Waals surface area contributed by atoms with Gasteiger partial charge >= 0.3 is 0 Å². The van der Waals surface area contributed by atoms with Gasteiger partial charge in [-0.3, -0.25) is 0 Å². The zero-order valence-corrected chi connectivity index (χ0v) is 14.0. The molecule has 1 atom stereocenters. The van der Waals surface area contributed by atoms with Gasteiger partial charge < -0.3 is 14.8 Å². The largest absolute Gasteiger partial charge is 0.396 e. The molecule has 0 spiro atoms. The highest BCUT2D eigenvalue weighted by atomic mass is 16.5. The molecule has 118 valence electrons. The Morgan fingerprint density at radius 1 is 1.19 bits per heavy atom. The number of aliphatic hydroxyl groups is 1. The lowest BCUT2D eigenvalue weighted by Crippen LogP contribution is -2.31. The summed E-state index contributed by atoms with van der Waals surface area (Å²) in [7, 11) is 0. The maximum Gasteiger partial charge on any atom is 0.110 e. The van der Waals surface area contributed by atoms with Gasteiger partial charge in [0.05, 0.1) is 5.69 Å². The quantitative estimate of drug-likeness (QED) is 0.821. The van der Waals surface area contributed by atoms with E-state index in [2.05, 4.69) is 31.0 Å². The second-order valence-corrected chi connectivity index (χ2v) is 4.93. The van der Waals surface area contributed by atoms with Crippen molar-refractivity contribution in [2.75, 3.05) is 13.2 Å². The summed E-state index contributed by atoms with van der Waals surface area (Å²) in [6, 6.07) is 8.28. The minimum absolute atomic E-state index is 0.128. The molecule has 0 aliphatic heterocycles. The Morgan fingerprint density at radius 3 is 2.38 bits per heavy atom. The molecule has 0 fully saturated rings. The van der Waals surface area contributed by atoms with E-state index in [4.69, 9.17) is 4.74 Å². The van der Waals surface area contributed by atoms with Crippen LogP contribution in [0.4, 0.5) is 0 Å². The molecule has 1 aromatic carbocycles. The topological polar surface area (TPSA) is 45.2 Å². The van der Waals surface area contributed by atoms with Crippen LogP contribution >= 0.6 is 0 Å². The van der Waals surface area contributed by atoms with Crippen LogP contribution in [0.15, 0.2) is 24.3 Å². The fourth-order valence-electron chi connectivity index (χ4n) is 2.92. The molecule has 1 heterocycles. The number of aliphatic hydroxyl groups excluding tert-OH is 1. The lowest BCUT2D eigenvalue weighted by molar-refractivity contribution is -0.0655. The van der Waals surface area contributed by atoms with Crippen LogP contribution in [-0.2, 0) is 10.3 Å². The summed E-state index contributed by atoms with van der Waals surface area (Å²) < 4.78 is 6.02. The summed E-state index contributed by atoms with van der Waals surface area (Å²) in [5, 5.41) is 10.6. The van der Waals surface area contributed by atoms with Crippen molar-refractivity contribution in [2.45, 2.75) is 53.1 Å². The molecule has 0 bridgehead atoms. The number of ether oxygens (including phenoxy) is 1. The van der Waals surface area contributed by atoms with Gasteiger partial charge in [0.25, 0.3) is 0 Å². The molecule has 1 unspecified atom stereocenters. The predicted octanol–water partition coefficient (Wildman–Crippen LogP) is 4.53. The Balaban J connectivity index is 0.00000106. The molecule has 0 saturated heterocycles. The number of para-hydroxylation sites is 1. The number of aryl methyl sites for hydroxylation is 1. The monoisotopic (exact) mass is 291 g/mol. The van der Waals surface area contributed by atoms with E-state index in [1.165, 1.54) is 10.9 Å². The van der Waals surface area contributed by atoms with Gasteiger partial charge in [-0.15, -0.1) is 0 Å². The second-order valence-electron chi connectivity index (χ2n) is 4.93. The van der Waals surface area contributed by atoms with Crippen LogP contribution in [0.3, 0.4) is 0 Å². The summed E-state index contributed by atoms with van der Waals surface area (Å²) in [5.74, 6) is 0. The van der Waals surface area contributed by atoms with Crippen LogP contribution in [0.2, 0.25) is 0 Å². The van der Waals surface area contributed by atoms with Gasteiger partial charge in [-0.05, 0) is 31.9 Å². The highest BCUT2D eigenvalue weighted by molar-refractivity contribution is 5.84. The van der Waals surface area contributed by atoms with Crippen molar-refractivity contribution in [3.63, 3.8) is 0 Å². The summed E-state index contributed by atoms with van der Waals surface area (Å²) in [6.45, 7) is 11.0. The zero-order valence-electron chi connectivity index (χ0n) is 14.0. The fourth-order valence-corrected chi connectivity index (χ4v) is 2.92. The normalized spacial score (nSPS) is 13.6. The minimum Gasteiger partial charge on any atom is -0.396 e. The molecule has 0 radical (unpaired) electrons. The summed E-state index contributed by atoms with van der Waals surface area (Å²) >= 11 is 0. The number of hydrogen-bond acceptors (Lipinski definition) is 2. The Kier molecular flexibility index (Phi) is 6.93. The van der Waals surface area contributed by atoms with Crippen LogP contribution in [0.5, 0.6) is 0 Å². The summed E-state index contributed by atoms with van der Waals surface area (Å²) in [6.07, 6.45) is 1.46. The number of aromatic nitrogens is 1. The highest BCUT2D eigenvalue weighted by Gasteiger charge is 2.34. The third-order valence-corrected chi connectivity index (χ3v) is 3.93. The Bertz CT molecular complexity index is 539. The van der Waals surface area contributed by atoms with Crippen LogP contribution in [0.25, 0.3) is 10.9 Å². The second kappa shape index (κ2) is 8.20. The van der Waals surface area contributed by atoms with Crippen molar-refractivity contribution in [3.8, 4) is 0 Å². The van der Waals surface area contributed by atoms with Gasteiger partial charge in [0.2, 0.25) is 0 Å². The van der Waals surface area contributed by atoms with Crippen molar-refractivity contribution in [1.29, 1.82) is 0 Å². The lowest BCUT2D eigenvalue weighted by atomic mass is 9.89. The number of nitrogens with one attached hydrogen (secondary N) is 1. The van der Waals surface area contributed by atoms with E-state index in [0.717, 1.165) is 17.6 Å². The number of fused-ring (bicyclic) bond motifs is 1. The number of H-pyrrole nitrogens is 1. The number of benzene rings is 1. The maximum atomic E-state index is 9.39. The molecular weight excluding hydrogens is 262 g/mol. The maximum absolute atomic E-state index is 9.39. The first-order valence-corrected chi connectivity index (χ1v) is 8.01. The fraction of sp³-hybridized carbons (Fsp3) is 0.556. The van der Waals surface area contributed by atoms with Crippen molar-refractivity contribution in [1.82, 2.24) is 4.98 Å². The zero-order chi connectivity index (χ0) is 15.9.